The van der Waals surface area contributed by atoms with E-state index < -0.39 is 0 Å². The predicted octanol–water partition coefficient (Wildman–Crippen LogP) is 2.10. The number of likely N-dealkylation sites (tertiary alicyclic amines) is 2. The minimum atomic E-state index is 0.0645. The van der Waals surface area contributed by atoms with Crippen LogP contribution in [-0.2, 0) is 4.79 Å². The third kappa shape index (κ3) is 2.06. The van der Waals surface area contributed by atoms with Crippen molar-refractivity contribution >= 4 is 5.91 Å². The van der Waals surface area contributed by atoms with E-state index in [1.807, 2.05) is 30.1 Å². The summed E-state index contributed by atoms with van der Waals surface area (Å²) in [5, 5.41) is 0. The molecule has 1 aromatic carbocycles. The van der Waals surface area contributed by atoms with Gasteiger partial charge in [0.15, 0.2) is 0 Å². The maximum absolute atomic E-state index is 12.6. The summed E-state index contributed by atoms with van der Waals surface area (Å²) in [5.74, 6) is 0.366. The van der Waals surface area contributed by atoms with Crippen LogP contribution in [0.15, 0.2) is 30.3 Å². The molecule has 3 rings (SSSR count). The second kappa shape index (κ2) is 4.64. The normalized spacial score (nSPS) is 27.2. The van der Waals surface area contributed by atoms with Gasteiger partial charge in [0.2, 0.25) is 5.91 Å². The van der Waals surface area contributed by atoms with Crippen molar-refractivity contribution in [2.75, 3.05) is 27.2 Å². The Morgan fingerprint density at radius 2 is 1.74 bits per heavy atom. The van der Waals surface area contributed by atoms with Crippen molar-refractivity contribution in [1.29, 1.82) is 0 Å². The Morgan fingerprint density at radius 1 is 1.11 bits per heavy atom. The molecule has 1 spiro atoms. The van der Waals surface area contributed by atoms with Crippen LogP contribution in [0, 0.1) is 0 Å². The first-order valence-corrected chi connectivity index (χ1v) is 7.14. The van der Waals surface area contributed by atoms with E-state index in [1.165, 1.54) is 5.56 Å². The van der Waals surface area contributed by atoms with Gasteiger partial charge in [-0.05, 0) is 31.9 Å². The van der Waals surface area contributed by atoms with Crippen molar-refractivity contribution in [1.82, 2.24) is 9.80 Å². The number of hydrogen-bond donors (Lipinski definition) is 0. The van der Waals surface area contributed by atoms with E-state index >= 15 is 0 Å². The van der Waals surface area contributed by atoms with Gasteiger partial charge in [-0.2, -0.15) is 0 Å². The molecule has 0 saturated carbocycles. The lowest BCUT2D eigenvalue weighted by atomic mass is 9.81. The van der Waals surface area contributed by atoms with Crippen LogP contribution in [0.2, 0.25) is 0 Å². The van der Waals surface area contributed by atoms with Gasteiger partial charge in [-0.1, -0.05) is 30.3 Å². The third-order valence-corrected chi connectivity index (χ3v) is 5.04. The van der Waals surface area contributed by atoms with Gasteiger partial charge in [-0.25, -0.2) is 0 Å². The number of likely N-dealkylation sites (N-methyl/N-ethyl adjacent to an activating group) is 1. The number of carbonyl (C=O) groups is 1. The maximum atomic E-state index is 12.6. The van der Waals surface area contributed by atoms with Crippen molar-refractivity contribution in [3.63, 3.8) is 0 Å². The maximum Gasteiger partial charge on any atom is 0.230 e. The molecule has 2 saturated heterocycles. The highest BCUT2D eigenvalue weighted by Crippen LogP contribution is 2.44. The summed E-state index contributed by atoms with van der Waals surface area (Å²) in [6.45, 7) is 2.19. The van der Waals surface area contributed by atoms with E-state index in [9.17, 15) is 4.79 Å². The van der Waals surface area contributed by atoms with E-state index in [0.717, 1.165) is 32.4 Å². The first-order valence-electron chi connectivity index (χ1n) is 7.14. The molecule has 1 aromatic rings. The molecule has 2 fully saturated rings. The van der Waals surface area contributed by atoms with Crippen molar-refractivity contribution < 1.29 is 4.79 Å². The summed E-state index contributed by atoms with van der Waals surface area (Å²) >= 11 is 0. The number of piperidine rings is 1. The Kier molecular flexibility index (Phi) is 3.09. The summed E-state index contributed by atoms with van der Waals surface area (Å²) in [6.07, 6.45) is 3.20. The lowest BCUT2D eigenvalue weighted by Crippen LogP contribution is -2.50. The molecule has 102 valence electrons. The van der Waals surface area contributed by atoms with Crippen LogP contribution in [0.25, 0.3) is 0 Å². The second-order valence-corrected chi connectivity index (χ2v) is 6.09. The van der Waals surface area contributed by atoms with Gasteiger partial charge in [0.25, 0.3) is 0 Å². The van der Waals surface area contributed by atoms with Gasteiger partial charge in [-0.15, -0.1) is 0 Å². The van der Waals surface area contributed by atoms with Gasteiger partial charge in [-0.3, -0.25) is 4.79 Å². The smallest absolute Gasteiger partial charge is 0.230 e. The van der Waals surface area contributed by atoms with E-state index in [0.29, 0.717) is 5.91 Å². The Hall–Kier alpha value is -1.35. The predicted molar refractivity (Wildman–Crippen MR) is 76.0 cm³/mol. The van der Waals surface area contributed by atoms with Crippen molar-refractivity contribution in [2.24, 2.45) is 0 Å². The SMILES string of the molecule is CN1CCC2(CC1)CC(c1ccccc1)C(=O)N2C. The van der Waals surface area contributed by atoms with E-state index in [-0.39, 0.29) is 11.5 Å². The average molecular weight is 258 g/mol. The topological polar surface area (TPSA) is 23.6 Å². The highest BCUT2D eigenvalue weighted by Gasteiger charge is 2.49. The molecular weight excluding hydrogens is 236 g/mol. The van der Waals surface area contributed by atoms with Crippen LogP contribution < -0.4 is 0 Å². The number of rotatable bonds is 1. The van der Waals surface area contributed by atoms with Gasteiger partial charge < -0.3 is 9.80 Å². The number of carbonyl (C=O) groups excluding carboxylic acids is 1. The fourth-order valence-electron chi connectivity index (χ4n) is 3.59. The van der Waals surface area contributed by atoms with E-state index in [2.05, 4.69) is 24.1 Å². The third-order valence-electron chi connectivity index (χ3n) is 5.04. The summed E-state index contributed by atoms with van der Waals surface area (Å²) in [4.78, 5) is 17.0. The molecule has 0 radical (unpaired) electrons. The lowest BCUT2D eigenvalue weighted by Gasteiger charge is -2.42. The van der Waals surface area contributed by atoms with Crippen LogP contribution in [0.3, 0.4) is 0 Å². The number of amides is 1. The Bertz CT molecular complexity index is 463. The number of nitrogens with zero attached hydrogens (tertiary/aromatic N) is 2. The Balaban J connectivity index is 1.86. The molecule has 19 heavy (non-hydrogen) atoms. The van der Waals surface area contributed by atoms with Crippen molar-refractivity contribution in [3.8, 4) is 0 Å². The number of benzene rings is 1. The summed E-state index contributed by atoms with van der Waals surface area (Å²) in [5.41, 5.74) is 1.28. The van der Waals surface area contributed by atoms with Gasteiger partial charge >= 0.3 is 0 Å². The van der Waals surface area contributed by atoms with Gasteiger partial charge in [0.05, 0.1) is 5.92 Å². The molecule has 2 heterocycles. The summed E-state index contributed by atoms with van der Waals surface area (Å²) < 4.78 is 0. The molecule has 3 nitrogen and oxygen atoms in total. The van der Waals surface area contributed by atoms with E-state index in [4.69, 9.17) is 0 Å². The zero-order valence-corrected chi connectivity index (χ0v) is 11.8. The highest BCUT2D eigenvalue weighted by molar-refractivity contribution is 5.87. The van der Waals surface area contributed by atoms with Crippen molar-refractivity contribution in [3.05, 3.63) is 35.9 Å². The molecule has 0 aliphatic carbocycles. The van der Waals surface area contributed by atoms with Gasteiger partial charge in [0, 0.05) is 25.7 Å². The van der Waals surface area contributed by atoms with E-state index in [1.54, 1.807) is 0 Å². The summed E-state index contributed by atoms with van der Waals surface area (Å²) in [6, 6.07) is 10.2. The molecular formula is C16H22N2O. The summed E-state index contributed by atoms with van der Waals surface area (Å²) in [7, 11) is 4.16. The highest BCUT2D eigenvalue weighted by atomic mass is 16.2. The molecule has 1 unspecified atom stereocenters. The first kappa shape index (κ1) is 12.7. The lowest BCUT2D eigenvalue weighted by molar-refractivity contribution is -0.131. The van der Waals surface area contributed by atoms with Crippen LogP contribution >= 0.6 is 0 Å². The minimum absolute atomic E-state index is 0.0645. The monoisotopic (exact) mass is 258 g/mol. The van der Waals surface area contributed by atoms with Crippen LogP contribution in [0.4, 0.5) is 0 Å². The number of hydrogen-bond acceptors (Lipinski definition) is 2. The van der Waals surface area contributed by atoms with Gasteiger partial charge in [0.1, 0.15) is 0 Å². The fraction of sp³-hybridized carbons (Fsp3) is 0.562. The quantitative estimate of drug-likeness (QED) is 0.770. The van der Waals surface area contributed by atoms with Crippen LogP contribution in [0.5, 0.6) is 0 Å². The molecule has 0 bridgehead atoms. The molecule has 0 aromatic heterocycles. The average Bonchev–Trinajstić information content (AvgIpc) is 2.69. The molecule has 2 aliphatic heterocycles. The molecule has 0 N–H and O–H groups in total. The van der Waals surface area contributed by atoms with Crippen LogP contribution in [-0.4, -0.2) is 48.4 Å². The standard InChI is InChI=1S/C16H22N2O/c1-17-10-8-16(9-11-17)12-14(15(19)18(16)2)13-6-4-3-5-7-13/h3-7,14H,8-12H2,1-2H3. The Morgan fingerprint density at radius 3 is 2.37 bits per heavy atom. The molecule has 1 amide bonds. The molecule has 1 atom stereocenters. The fourth-order valence-corrected chi connectivity index (χ4v) is 3.59. The zero-order valence-electron chi connectivity index (χ0n) is 11.8. The first-order chi connectivity index (χ1) is 9.12. The second-order valence-electron chi connectivity index (χ2n) is 6.09. The molecule has 3 heteroatoms. The van der Waals surface area contributed by atoms with Crippen LogP contribution in [0.1, 0.15) is 30.7 Å². The Labute approximate surface area is 115 Å². The zero-order chi connectivity index (χ0) is 13.5. The largest absolute Gasteiger partial charge is 0.339 e. The molecule has 2 aliphatic rings. The minimum Gasteiger partial charge on any atom is -0.339 e. The van der Waals surface area contributed by atoms with Crippen molar-refractivity contribution in [2.45, 2.75) is 30.7 Å².